The van der Waals surface area contributed by atoms with Gasteiger partial charge in [0.15, 0.2) is 0 Å². The van der Waals surface area contributed by atoms with Gasteiger partial charge < -0.3 is 5.73 Å². The van der Waals surface area contributed by atoms with Crippen LogP contribution in [0.15, 0.2) is 36.4 Å². The predicted molar refractivity (Wildman–Crippen MR) is 85.6 cm³/mol. The van der Waals surface area contributed by atoms with Crippen LogP contribution in [0.25, 0.3) is 10.9 Å². The van der Waals surface area contributed by atoms with Crippen molar-refractivity contribution in [2.45, 2.75) is 39.3 Å². The van der Waals surface area contributed by atoms with Crippen molar-refractivity contribution in [3.8, 4) is 0 Å². The van der Waals surface area contributed by atoms with E-state index in [9.17, 15) is 0 Å². The lowest BCUT2D eigenvalue weighted by Crippen LogP contribution is -2.49. The number of rotatable bonds is 6. The van der Waals surface area contributed by atoms with Crippen molar-refractivity contribution in [1.82, 2.24) is 9.88 Å². The van der Waals surface area contributed by atoms with Crippen LogP contribution in [0.2, 0.25) is 0 Å². The number of pyridine rings is 1. The van der Waals surface area contributed by atoms with E-state index in [-0.39, 0.29) is 5.54 Å². The van der Waals surface area contributed by atoms with Crippen LogP contribution in [0.5, 0.6) is 0 Å². The Morgan fingerprint density at radius 2 is 1.90 bits per heavy atom. The highest BCUT2D eigenvalue weighted by Gasteiger charge is 2.24. The van der Waals surface area contributed by atoms with E-state index in [0.29, 0.717) is 6.54 Å². The van der Waals surface area contributed by atoms with Crippen LogP contribution < -0.4 is 5.73 Å². The Bertz CT molecular complexity index is 563. The molecule has 2 aromatic rings. The first kappa shape index (κ1) is 14.9. The maximum Gasteiger partial charge on any atom is 0.0705 e. The van der Waals surface area contributed by atoms with Crippen LogP contribution in [-0.2, 0) is 6.54 Å². The maximum atomic E-state index is 5.92. The summed E-state index contributed by atoms with van der Waals surface area (Å²) in [5, 5.41) is 1.19. The van der Waals surface area contributed by atoms with Crippen molar-refractivity contribution in [3.63, 3.8) is 0 Å². The molecule has 0 bridgehead atoms. The highest BCUT2D eigenvalue weighted by Crippen LogP contribution is 2.18. The summed E-state index contributed by atoms with van der Waals surface area (Å²) in [5.74, 6) is 0. The van der Waals surface area contributed by atoms with Crippen LogP contribution in [-0.4, -0.2) is 28.5 Å². The fourth-order valence-corrected chi connectivity index (χ4v) is 2.39. The molecule has 0 aliphatic carbocycles. The van der Waals surface area contributed by atoms with Gasteiger partial charge in [-0.05, 0) is 38.9 Å². The third-order valence-electron chi connectivity index (χ3n) is 3.86. The second kappa shape index (κ2) is 6.33. The molecule has 3 nitrogen and oxygen atoms in total. The van der Waals surface area contributed by atoms with Crippen molar-refractivity contribution < 1.29 is 0 Å². The zero-order valence-electron chi connectivity index (χ0n) is 12.8. The van der Waals surface area contributed by atoms with Gasteiger partial charge in [-0.25, -0.2) is 0 Å². The Morgan fingerprint density at radius 1 is 1.15 bits per heavy atom. The lowest BCUT2D eigenvalue weighted by atomic mass is 10.0. The highest BCUT2D eigenvalue weighted by atomic mass is 15.2. The smallest absolute Gasteiger partial charge is 0.0705 e. The molecule has 3 heteroatoms. The highest BCUT2D eigenvalue weighted by molar-refractivity contribution is 5.78. The molecule has 2 rings (SSSR count). The van der Waals surface area contributed by atoms with Crippen molar-refractivity contribution >= 4 is 10.9 Å². The van der Waals surface area contributed by atoms with Gasteiger partial charge in [0.1, 0.15) is 0 Å². The van der Waals surface area contributed by atoms with E-state index < -0.39 is 0 Å². The van der Waals surface area contributed by atoms with Crippen LogP contribution in [0.1, 0.15) is 32.9 Å². The molecule has 0 unspecified atom stereocenters. The molecule has 0 aliphatic rings. The van der Waals surface area contributed by atoms with Gasteiger partial charge in [0.2, 0.25) is 0 Å². The van der Waals surface area contributed by atoms with Gasteiger partial charge in [0.05, 0.1) is 11.2 Å². The minimum Gasteiger partial charge on any atom is -0.329 e. The summed E-state index contributed by atoms with van der Waals surface area (Å²) < 4.78 is 0. The molecule has 0 aliphatic heterocycles. The molecule has 20 heavy (non-hydrogen) atoms. The SMILES string of the molecule is CCCN(Cc1ccc2ccccc2n1)C(C)(C)CN. The van der Waals surface area contributed by atoms with Gasteiger partial charge >= 0.3 is 0 Å². The molecule has 1 heterocycles. The third-order valence-corrected chi connectivity index (χ3v) is 3.86. The summed E-state index contributed by atoms with van der Waals surface area (Å²) in [5.41, 5.74) is 8.09. The largest absolute Gasteiger partial charge is 0.329 e. The molecule has 108 valence electrons. The second-order valence-corrected chi connectivity index (χ2v) is 5.93. The van der Waals surface area contributed by atoms with Crippen molar-refractivity contribution in [1.29, 1.82) is 0 Å². The minimum atomic E-state index is 0.00331. The van der Waals surface area contributed by atoms with Gasteiger partial charge in [0, 0.05) is 24.0 Å². The van der Waals surface area contributed by atoms with E-state index in [0.717, 1.165) is 30.7 Å². The first-order valence-corrected chi connectivity index (χ1v) is 7.36. The van der Waals surface area contributed by atoms with Crippen LogP contribution in [0.4, 0.5) is 0 Å². The maximum absolute atomic E-state index is 5.92. The van der Waals surface area contributed by atoms with Crippen molar-refractivity contribution in [2.24, 2.45) is 5.73 Å². The van der Waals surface area contributed by atoms with E-state index in [1.807, 2.05) is 12.1 Å². The minimum absolute atomic E-state index is 0.00331. The lowest BCUT2D eigenvalue weighted by Gasteiger charge is -2.37. The van der Waals surface area contributed by atoms with Crippen LogP contribution >= 0.6 is 0 Å². The monoisotopic (exact) mass is 271 g/mol. The third kappa shape index (κ3) is 3.35. The number of hydrogen-bond acceptors (Lipinski definition) is 3. The Morgan fingerprint density at radius 3 is 2.60 bits per heavy atom. The molecule has 0 atom stereocenters. The fraction of sp³-hybridized carbons (Fsp3) is 0.471. The molecule has 0 amide bonds. The first-order valence-electron chi connectivity index (χ1n) is 7.36. The molecule has 0 saturated heterocycles. The van der Waals surface area contributed by atoms with E-state index in [2.05, 4.69) is 49.9 Å². The van der Waals surface area contributed by atoms with Crippen LogP contribution in [0.3, 0.4) is 0 Å². The summed E-state index contributed by atoms with van der Waals surface area (Å²) in [6.07, 6.45) is 1.12. The summed E-state index contributed by atoms with van der Waals surface area (Å²) in [4.78, 5) is 7.18. The van der Waals surface area contributed by atoms with Gasteiger partial charge in [-0.15, -0.1) is 0 Å². The standard InChI is InChI=1S/C17H25N3/c1-4-11-20(17(2,3)13-18)12-15-10-9-14-7-5-6-8-16(14)19-15/h5-10H,4,11-13,18H2,1-3H3. The summed E-state index contributed by atoms with van der Waals surface area (Å²) in [6, 6.07) is 12.5. The Hall–Kier alpha value is -1.45. The number of fused-ring (bicyclic) bond motifs is 1. The second-order valence-electron chi connectivity index (χ2n) is 5.93. The normalized spacial score (nSPS) is 12.2. The molecule has 0 radical (unpaired) electrons. The van der Waals surface area contributed by atoms with E-state index in [1.54, 1.807) is 0 Å². The number of benzene rings is 1. The molecule has 0 spiro atoms. The van der Waals surface area contributed by atoms with E-state index in [1.165, 1.54) is 5.39 Å². The number of hydrogen-bond donors (Lipinski definition) is 1. The lowest BCUT2D eigenvalue weighted by molar-refractivity contribution is 0.116. The summed E-state index contributed by atoms with van der Waals surface area (Å²) >= 11 is 0. The predicted octanol–water partition coefficient (Wildman–Crippen LogP) is 3.18. The van der Waals surface area contributed by atoms with Gasteiger partial charge in [-0.1, -0.05) is 31.2 Å². The Labute approximate surface area is 121 Å². The first-order chi connectivity index (χ1) is 9.56. The van der Waals surface area contributed by atoms with Crippen molar-refractivity contribution in [2.75, 3.05) is 13.1 Å². The average molecular weight is 271 g/mol. The molecule has 2 N–H and O–H groups in total. The van der Waals surface area contributed by atoms with Crippen LogP contribution in [0, 0.1) is 0 Å². The fourth-order valence-electron chi connectivity index (χ4n) is 2.39. The number of aromatic nitrogens is 1. The van der Waals surface area contributed by atoms with Gasteiger partial charge in [-0.3, -0.25) is 9.88 Å². The Kier molecular flexibility index (Phi) is 4.73. The van der Waals surface area contributed by atoms with E-state index in [4.69, 9.17) is 10.7 Å². The quantitative estimate of drug-likeness (QED) is 0.877. The average Bonchev–Trinajstić information content (AvgIpc) is 2.46. The molecule has 0 fully saturated rings. The topological polar surface area (TPSA) is 42.2 Å². The zero-order valence-corrected chi connectivity index (χ0v) is 12.8. The summed E-state index contributed by atoms with van der Waals surface area (Å²) in [6.45, 7) is 9.14. The van der Waals surface area contributed by atoms with Gasteiger partial charge in [-0.2, -0.15) is 0 Å². The molecule has 1 aromatic carbocycles. The Balaban J connectivity index is 2.24. The van der Waals surface area contributed by atoms with Crippen molar-refractivity contribution in [3.05, 3.63) is 42.1 Å². The molecular formula is C17H25N3. The number of nitrogens with zero attached hydrogens (tertiary/aromatic N) is 2. The molecule has 0 saturated carbocycles. The zero-order chi connectivity index (χ0) is 14.6. The summed E-state index contributed by atoms with van der Waals surface area (Å²) in [7, 11) is 0. The number of nitrogens with two attached hydrogens (primary N) is 1. The molecular weight excluding hydrogens is 246 g/mol. The van der Waals surface area contributed by atoms with E-state index >= 15 is 0 Å². The number of para-hydroxylation sites is 1. The van der Waals surface area contributed by atoms with Gasteiger partial charge in [0.25, 0.3) is 0 Å². The molecule has 1 aromatic heterocycles.